The van der Waals surface area contributed by atoms with Crippen LogP contribution in [0.1, 0.15) is 15.9 Å². The van der Waals surface area contributed by atoms with Crippen LogP contribution >= 0.6 is 11.6 Å². The van der Waals surface area contributed by atoms with Crippen molar-refractivity contribution < 1.29 is 14.3 Å². The summed E-state index contributed by atoms with van der Waals surface area (Å²) in [5, 5.41) is 3.79. The van der Waals surface area contributed by atoms with Gasteiger partial charge in [0.15, 0.2) is 0 Å². The Morgan fingerprint density at radius 3 is 2.46 bits per heavy atom. The number of nitrogens with one attached hydrogen (secondary N) is 1. The third kappa shape index (κ3) is 5.03. The van der Waals surface area contributed by atoms with Crippen LogP contribution in [0.3, 0.4) is 0 Å². The first-order valence-electron chi connectivity index (χ1n) is 9.23. The molecule has 1 heterocycles. The number of methoxy groups -OCH3 is 1. The summed E-state index contributed by atoms with van der Waals surface area (Å²) in [5.41, 5.74) is 1.34. The highest BCUT2D eigenvalue weighted by molar-refractivity contribution is 6.30. The third-order valence-electron chi connectivity index (χ3n) is 4.73. The van der Waals surface area contributed by atoms with E-state index in [2.05, 4.69) is 5.32 Å². The topological polar surface area (TPSA) is 61.9 Å². The second-order valence-corrected chi connectivity index (χ2v) is 7.05. The predicted molar refractivity (Wildman–Crippen MR) is 109 cm³/mol. The molecule has 7 heteroatoms. The Hall–Kier alpha value is -2.57. The number of hydrogen-bond donors (Lipinski definition) is 1. The number of amides is 2. The van der Waals surface area contributed by atoms with Crippen molar-refractivity contribution in [3.8, 4) is 5.75 Å². The molecule has 148 valence electrons. The molecule has 0 unspecified atom stereocenters. The highest BCUT2D eigenvalue weighted by Gasteiger charge is 2.24. The van der Waals surface area contributed by atoms with Gasteiger partial charge in [0.25, 0.3) is 5.91 Å². The Bertz CT molecular complexity index is 820. The van der Waals surface area contributed by atoms with Crippen LogP contribution in [0.5, 0.6) is 5.75 Å². The third-order valence-corrected chi connectivity index (χ3v) is 4.98. The fourth-order valence-electron chi connectivity index (χ4n) is 3.19. The van der Waals surface area contributed by atoms with Gasteiger partial charge >= 0.3 is 0 Å². The molecule has 0 saturated carbocycles. The molecular formula is C21H24ClN3O3. The molecule has 2 aromatic carbocycles. The maximum atomic E-state index is 13.1. The van der Waals surface area contributed by atoms with Crippen molar-refractivity contribution in [3.63, 3.8) is 0 Å². The van der Waals surface area contributed by atoms with E-state index < -0.39 is 0 Å². The lowest BCUT2D eigenvalue weighted by Crippen LogP contribution is -2.50. The van der Waals surface area contributed by atoms with Crippen LogP contribution in [0.15, 0.2) is 48.5 Å². The largest absolute Gasteiger partial charge is 0.496 e. The zero-order chi connectivity index (χ0) is 19.9. The molecule has 0 bridgehead atoms. The number of piperazine rings is 1. The molecule has 0 aromatic heterocycles. The fraction of sp³-hybridized carbons (Fsp3) is 0.333. The molecule has 0 radical (unpaired) electrons. The SMILES string of the molecule is COc1ccccc1CN(CC(=O)N1CCNCC1)C(=O)c1ccc(Cl)cc1. The standard InChI is InChI=1S/C21H24ClN3O3/c1-28-19-5-3-2-4-17(19)14-25(15-20(26)24-12-10-23-11-13-24)21(27)16-6-8-18(22)9-7-16/h2-9,23H,10-15H2,1H3. The summed E-state index contributed by atoms with van der Waals surface area (Å²) in [6.07, 6.45) is 0. The molecule has 1 N–H and O–H groups in total. The number of carbonyl (C=O) groups excluding carboxylic acids is 2. The number of ether oxygens (including phenoxy) is 1. The van der Waals surface area contributed by atoms with E-state index in [9.17, 15) is 9.59 Å². The number of benzene rings is 2. The van der Waals surface area contributed by atoms with Gasteiger partial charge in [-0.2, -0.15) is 0 Å². The minimum atomic E-state index is -0.217. The van der Waals surface area contributed by atoms with E-state index in [-0.39, 0.29) is 24.9 Å². The van der Waals surface area contributed by atoms with Crippen LogP contribution in [0, 0.1) is 0 Å². The van der Waals surface area contributed by atoms with Crippen molar-refractivity contribution in [1.82, 2.24) is 15.1 Å². The quantitative estimate of drug-likeness (QED) is 0.807. The summed E-state index contributed by atoms with van der Waals surface area (Å²) in [4.78, 5) is 29.3. The number of rotatable bonds is 6. The van der Waals surface area contributed by atoms with E-state index in [1.165, 1.54) is 0 Å². The summed E-state index contributed by atoms with van der Waals surface area (Å²) >= 11 is 5.94. The van der Waals surface area contributed by atoms with Crippen LogP contribution in [0.25, 0.3) is 0 Å². The number of hydrogen-bond acceptors (Lipinski definition) is 4. The lowest BCUT2D eigenvalue weighted by molar-refractivity contribution is -0.132. The summed E-state index contributed by atoms with van der Waals surface area (Å²) in [7, 11) is 1.59. The Labute approximate surface area is 170 Å². The zero-order valence-corrected chi connectivity index (χ0v) is 16.6. The van der Waals surface area contributed by atoms with Gasteiger partial charge in [-0.25, -0.2) is 0 Å². The maximum absolute atomic E-state index is 13.1. The highest BCUT2D eigenvalue weighted by atomic mass is 35.5. The second-order valence-electron chi connectivity index (χ2n) is 6.61. The average molecular weight is 402 g/mol. The predicted octanol–water partition coefficient (Wildman–Crippen LogP) is 2.42. The molecule has 0 spiro atoms. The minimum Gasteiger partial charge on any atom is -0.496 e. The summed E-state index contributed by atoms with van der Waals surface area (Å²) in [5.74, 6) is 0.413. The number of para-hydroxylation sites is 1. The highest BCUT2D eigenvalue weighted by Crippen LogP contribution is 2.21. The molecule has 0 atom stereocenters. The normalized spacial score (nSPS) is 13.9. The smallest absolute Gasteiger partial charge is 0.254 e. The first kappa shape index (κ1) is 20.2. The summed E-state index contributed by atoms with van der Waals surface area (Å²) in [6.45, 7) is 3.13. The van der Waals surface area contributed by atoms with Crippen molar-refractivity contribution in [2.75, 3.05) is 39.8 Å². The van der Waals surface area contributed by atoms with Gasteiger partial charge in [-0.1, -0.05) is 29.8 Å². The molecule has 6 nitrogen and oxygen atoms in total. The Balaban J connectivity index is 1.83. The van der Waals surface area contributed by atoms with E-state index in [1.807, 2.05) is 24.3 Å². The second kappa shape index (κ2) is 9.57. The summed E-state index contributed by atoms with van der Waals surface area (Å²) in [6, 6.07) is 14.2. The zero-order valence-electron chi connectivity index (χ0n) is 15.9. The molecule has 1 aliphatic heterocycles. The van der Waals surface area contributed by atoms with Crippen molar-refractivity contribution >= 4 is 23.4 Å². The van der Waals surface area contributed by atoms with Gasteiger partial charge in [-0.05, 0) is 30.3 Å². The van der Waals surface area contributed by atoms with E-state index >= 15 is 0 Å². The molecule has 2 aromatic rings. The molecular weight excluding hydrogens is 378 g/mol. The van der Waals surface area contributed by atoms with Crippen LogP contribution in [0.2, 0.25) is 5.02 Å². The molecule has 1 saturated heterocycles. The first-order valence-corrected chi connectivity index (χ1v) is 9.61. The Morgan fingerprint density at radius 2 is 1.79 bits per heavy atom. The van der Waals surface area contributed by atoms with Crippen molar-refractivity contribution in [2.45, 2.75) is 6.54 Å². The first-order chi connectivity index (χ1) is 13.6. The van der Waals surface area contributed by atoms with Gasteiger partial charge in [0.1, 0.15) is 12.3 Å². The number of nitrogens with zero attached hydrogens (tertiary/aromatic N) is 2. The number of carbonyl (C=O) groups is 2. The van der Waals surface area contributed by atoms with Gasteiger partial charge < -0.3 is 19.9 Å². The molecule has 1 fully saturated rings. The van der Waals surface area contributed by atoms with Crippen molar-refractivity contribution in [3.05, 3.63) is 64.7 Å². The lowest BCUT2D eigenvalue weighted by atomic mass is 10.1. The van der Waals surface area contributed by atoms with E-state index in [0.717, 1.165) is 18.7 Å². The van der Waals surface area contributed by atoms with Gasteiger partial charge in [0, 0.05) is 42.3 Å². The lowest BCUT2D eigenvalue weighted by Gasteiger charge is -2.30. The van der Waals surface area contributed by atoms with E-state index in [1.54, 1.807) is 41.2 Å². The minimum absolute atomic E-state index is 0.0134. The monoisotopic (exact) mass is 401 g/mol. The van der Waals surface area contributed by atoms with Crippen LogP contribution in [0.4, 0.5) is 0 Å². The van der Waals surface area contributed by atoms with Crippen LogP contribution in [-0.4, -0.2) is 61.4 Å². The molecule has 28 heavy (non-hydrogen) atoms. The molecule has 0 aliphatic carbocycles. The Kier molecular flexibility index (Phi) is 6.90. The van der Waals surface area contributed by atoms with E-state index in [0.29, 0.717) is 29.4 Å². The summed E-state index contributed by atoms with van der Waals surface area (Å²) < 4.78 is 5.41. The average Bonchev–Trinajstić information content (AvgIpc) is 2.74. The molecule has 3 rings (SSSR count). The van der Waals surface area contributed by atoms with Crippen LogP contribution in [-0.2, 0) is 11.3 Å². The van der Waals surface area contributed by atoms with Crippen molar-refractivity contribution in [2.24, 2.45) is 0 Å². The number of halogens is 1. The van der Waals surface area contributed by atoms with Crippen LogP contribution < -0.4 is 10.1 Å². The Morgan fingerprint density at radius 1 is 1.11 bits per heavy atom. The molecule has 1 aliphatic rings. The van der Waals surface area contributed by atoms with Gasteiger partial charge in [0.2, 0.25) is 5.91 Å². The molecule has 2 amide bonds. The fourth-order valence-corrected chi connectivity index (χ4v) is 3.32. The van der Waals surface area contributed by atoms with Gasteiger partial charge in [-0.3, -0.25) is 9.59 Å². The van der Waals surface area contributed by atoms with Gasteiger partial charge in [0.05, 0.1) is 13.7 Å². The van der Waals surface area contributed by atoms with Gasteiger partial charge in [-0.15, -0.1) is 0 Å². The van der Waals surface area contributed by atoms with Crippen molar-refractivity contribution in [1.29, 1.82) is 0 Å². The maximum Gasteiger partial charge on any atom is 0.254 e. The van der Waals surface area contributed by atoms with E-state index in [4.69, 9.17) is 16.3 Å².